The fraction of sp³-hybridized carbons (Fsp3) is 0.524. The fourth-order valence-corrected chi connectivity index (χ4v) is 5.09. The van der Waals surface area contributed by atoms with Gasteiger partial charge in [-0.2, -0.15) is 5.26 Å². The number of hydrogen-bond acceptors (Lipinski definition) is 8. The highest BCUT2D eigenvalue weighted by molar-refractivity contribution is 8.26. The van der Waals surface area contributed by atoms with E-state index in [1.165, 1.54) is 16.7 Å². The number of pyridine rings is 1. The van der Waals surface area contributed by atoms with E-state index in [1.54, 1.807) is 24.7 Å². The predicted molar refractivity (Wildman–Crippen MR) is 127 cm³/mol. The van der Waals surface area contributed by atoms with Crippen molar-refractivity contribution in [2.75, 3.05) is 58.4 Å². The maximum absolute atomic E-state index is 13.0. The number of aromatic nitrogens is 1. The average Bonchev–Trinajstić information content (AvgIpc) is 3.02. The lowest BCUT2D eigenvalue weighted by Gasteiger charge is -2.36. The summed E-state index contributed by atoms with van der Waals surface area (Å²) in [5.74, 6) is 0.586. The number of piperazine rings is 1. The maximum atomic E-state index is 13.0. The highest BCUT2D eigenvalue weighted by Gasteiger charge is 2.33. The number of likely N-dealkylation sites (N-methyl/N-ethyl adjacent to an activating group) is 1. The van der Waals surface area contributed by atoms with E-state index in [2.05, 4.69) is 22.9 Å². The third-order valence-corrected chi connectivity index (χ3v) is 7.01. The number of thiocarbonyl (C=S) groups is 1. The minimum atomic E-state index is -0.291. The quantitative estimate of drug-likeness (QED) is 0.467. The molecule has 2 saturated heterocycles. The van der Waals surface area contributed by atoms with Gasteiger partial charge >= 0.3 is 0 Å². The summed E-state index contributed by atoms with van der Waals surface area (Å²) in [5, 5.41) is 9.65. The summed E-state index contributed by atoms with van der Waals surface area (Å²) in [4.78, 5) is 32.4. The van der Waals surface area contributed by atoms with Crippen LogP contribution >= 0.6 is 24.0 Å². The molecule has 3 heterocycles. The van der Waals surface area contributed by atoms with Crippen LogP contribution in [0.25, 0.3) is 6.08 Å². The summed E-state index contributed by atoms with van der Waals surface area (Å²) in [7, 11) is 3.65. The molecule has 1 amide bonds. The first kappa shape index (κ1) is 23.5. The van der Waals surface area contributed by atoms with E-state index in [0.29, 0.717) is 34.5 Å². The normalized spacial score (nSPS) is 18.9. The lowest BCUT2D eigenvalue weighted by molar-refractivity contribution is -0.122. The van der Waals surface area contributed by atoms with E-state index in [9.17, 15) is 14.9 Å². The van der Waals surface area contributed by atoms with Gasteiger partial charge in [-0.15, -0.1) is 0 Å². The third-order valence-electron chi connectivity index (χ3n) is 5.63. The Morgan fingerprint density at radius 1 is 1.26 bits per heavy atom. The van der Waals surface area contributed by atoms with Gasteiger partial charge in [0, 0.05) is 45.4 Å². The zero-order chi connectivity index (χ0) is 22.7. The Hall–Kier alpha value is -2.19. The smallest absolute Gasteiger partial charge is 0.270 e. The molecular weight excluding hydrogens is 434 g/mol. The molecule has 3 rings (SSSR count). The lowest BCUT2D eigenvalue weighted by atomic mass is 10.0. The molecule has 0 saturated carbocycles. The van der Waals surface area contributed by atoms with E-state index in [-0.39, 0.29) is 17.0 Å². The van der Waals surface area contributed by atoms with Gasteiger partial charge in [-0.25, -0.2) is 0 Å². The second kappa shape index (κ2) is 9.96. The van der Waals surface area contributed by atoms with Gasteiger partial charge in [0.25, 0.3) is 11.5 Å². The van der Waals surface area contributed by atoms with Crippen molar-refractivity contribution in [2.45, 2.75) is 20.4 Å². The number of carbonyl (C=O) groups is 1. The molecule has 0 unspecified atom stereocenters. The third kappa shape index (κ3) is 4.55. The number of carbonyl (C=O) groups excluding carboxylic acids is 1. The molecule has 1 aromatic heterocycles. The van der Waals surface area contributed by atoms with Gasteiger partial charge in [0.2, 0.25) is 0 Å². The Morgan fingerprint density at radius 2 is 1.94 bits per heavy atom. The molecule has 0 spiro atoms. The summed E-state index contributed by atoms with van der Waals surface area (Å²) in [5.41, 5.74) is 1.14. The average molecular weight is 462 g/mol. The molecule has 31 heavy (non-hydrogen) atoms. The molecule has 8 nitrogen and oxygen atoms in total. The van der Waals surface area contributed by atoms with E-state index < -0.39 is 0 Å². The van der Waals surface area contributed by atoms with Crippen molar-refractivity contribution in [3.8, 4) is 6.07 Å². The summed E-state index contributed by atoms with van der Waals surface area (Å²) in [6.45, 7) is 8.15. The first-order valence-electron chi connectivity index (χ1n) is 10.2. The number of anilines is 1. The van der Waals surface area contributed by atoms with E-state index in [4.69, 9.17) is 17.0 Å². The zero-order valence-electron chi connectivity index (χ0n) is 18.3. The van der Waals surface area contributed by atoms with Crippen LogP contribution in [0.3, 0.4) is 0 Å². The van der Waals surface area contributed by atoms with Crippen LogP contribution in [0, 0.1) is 18.3 Å². The monoisotopic (exact) mass is 461 g/mol. The minimum Gasteiger partial charge on any atom is -0.383 e. The van der Waals surface area contributed by atoms with Gasteiger partial charge in [0.1, 0.15) is 21.8 Å². The molecular formula is C21H27N5O3S2. The van der Waals surface area contributed by atoms with Crippen molar-refractivity contribution in [1.29, 1.82) is 5.26 Å². The zero-order valence-corrected chi connectivity index (χ0v) is 19.9. The van der Waals surface area contributed by atoms with Gasteiger partial charge in [-0.3, -0.25) is 19.1 Å². The molecule has 0 N–H and O–H groups in total. The standard InChI is InChI=1S/C21H27N5O3S2/c1-5-25-18(24-8-6-23(3)7-9-24)15(14(2)16(13-22)19(25)27)12-17-20(28)26(10-11-29-4)21(30)31-17/h12H,5-11H2,1-4H3/b17-12-. The summed E-state index contributed by atoms with van der Waals surface area (Å²) in [6.07, 6.45) is 1.79. The lowest BCUT2D eigenvalue weighted by Crippen LogP contribution is -2.47. The highest BCUT2D eigenvalue weighted by Crippen LogP contribution is 2.35. The van der Waals surface area contributed by atoms with Gasteiger partial charge in [-0.05, 0) is 32.5 Å². The second-order valence-corrected chi connectivity index (χ2v) is 9.19. The summed E-state index contributed by atoms with van der Waals surface area (Å²) >= 11 is 6.63. The van der Waals surface area contributed by atoms with Crippen molar-refractivity contribution < 1.29 is 9.53 Å². The Morgan fingerprint density at radius 3 is 2.52 bits per heavy atom. The van der Waals surface area contributed by atoms with Gasteiger partial charge in [0.05, 0.1) is 18.1 Å². The SMILES string of the molecule is CCn1c(N2CCN(C)CC2)c(/C=C2\SC(=S)N(CCOC)C2=O)c(C)c(C#N)c1=O. The maximum Gasteiger partial charge on any atom is 0.270 e. The number of thioether (sulfide) groups is 1. The van der Waals surface area contributed by atoms with Crippen LogP contribution < -0.4 is 10.5 Å². The molecule has 0 atom stereocenters. The number of rotatable bonds is 6. The molecule has 166 valence electrons. The molecule has 1 aromatic rings. The van der Waals surface area contributed by atoms with Crippen LogP contribution in [0.5, 0.6) is 0 Å². The van der Waals surface area contributed by atoms with Crippen molar-refractivity contribution >= 4 is 46.1 Å². The number of ether oxygens (including phenoxy) is 1. The van der Waals surface area contributed by atoms with E-state index >= 15 is 0 Å². The Labute approximate surface area is 192 Å². The van der Waals surface area contributed by atoms with Crippen molar-refractivity contribution in [3.05, 3.63) is 31.9 Å². The molecule has 0 radical (unpaired) electrons. The summed E-state index contributed by atoms with van der Waals surface area (Å²) in [6, 6.07) is 2.06. The van der Waals surface area contributed by atoms with Crippen LogP contribution in [-0.2, 0) is 16.1 Å². The van der Waals surface area contributed by atoms with E-state index in [0.717, 1.165) is 37.6 Å². The predicted octanol–water partition coefficient (Wildman–Crippen LogP) is 1.65. The molecule has 0 bridgehead atoms. The minimum absolute atomic E-state index is 0.112. The van der Waals surface area contributed by atoms with Crippen molar-refractivity contribution in [1.82, 2.24) is 14.4 Å². The van der Waals surface area contributed by atoms with Crippen LogP contribution in [0.4, 0.5) is 5.82 Å². The molecule has 2 aliphatic heterocycles. The number of methoxy groups -OCH3 is 1. The largest absolute Gasteiger partial charge is 0.383 e. The van der Waals surface area contributed by atoms with Gasteiger partial charge in [0.15, 0.2) is 0 Å². The van der Waals surface area contributed by atoms with E-state index in [1.807, 2.05) is 6.92 Å². The highest BCUT2D eigenvalue weighted by atomic mass is 32.2. The molecule has 2 fully saturated rings. The fourth-order valence-electron chi connectivity index (χ4n) is 3.80. The first-order valence-corrected chi connectivity index (χ1v) is 11.4. The summed E-state index contributed by atoms with van der Waals surface area (Å²) < 4.78 is 7.22. The van der Waals surface area contributed by atoms with Crippen molar-refractivity contribution in [3.63, 3.8) is 0 Å². The van der Waals surface area contributed by atoms with Gasteiger partial charge in [-0.1, -0.05) is 24.0 Å². The Balaban J connectivity index is 2.16. The number of nitrogens with zero attached hydrogens (tertiary/aromatic N) is 5. The van der Waals surface area contributed by atoms with Crippen LogP contribution in [-0.4, -0.2) is 78.1 Å². The topological polar surface area (TPSA) is 81.8 Å². The van der Waals surface area contributed by atoms with Crippen LogP contribution in [0.15, 0.2) is 9.70 Å². The second-order valence-electron chi connectivity index (χ2n) is 7.51. The Kier molecular flexibility index (Phi) is 7.54. The molecule has 0 aromatic carbocycles. The molecule has 0 aliphatic carbocycles. The van der Waals surface area contributed by atoms with Crippen LogP contribution in [0.1, 0.15) is 23.6 Å². The van der Waals surface area contributed by atoms with Crippen molar-refractivity contribution in [2.24, 2.45) is 0 Å². The first-order chi connectivity index (χ1) is 14.8. The molecule has 10 heteroatoms. The van der Waals surface area contributed by atoms with Gasteiger partial charge < -0.3 is 14.5 Å². The number of amides is 1. The molecule has 2 aliphatic rings. The Bertz CT molecular complexity index is 1020. The number of nitriles is 1. The van der Waals surface area contributed by atoms with Crippen LogP contribution in [0.2, 0.25) is 0 Å². The number of hydrogen-bond donors (Lipinski definition) is 0.